The maximum absolute atomic E-state index is 12.8. The first-order valence-corrected chi connectivity index (χ1v) is 14.6. The molecule has 0 bridgehead atoms. The van der Waals surface area contributed by atoms with Crippen LogP contribution in [0.5, 0.6) is 0 Å². The topological polar surface area (TPSA) is 66.5 Å². The number of amides is 1. The molecule has 0 aromatic heterocycles. The van der Waals surface area contributed by atoms with Crippen molar-refractivity contribution < 1.29 is 13.2 Å². The lowest BCUT2D eigenvalue weighted by Gasteiger charge is -2.34. The number of likely N-dealkylation sites (N-methyl/N-ethyl adjacent to an activating group) is 1. The average Bonchev–Trinajstić information content (AvgIpc) is 2.88. The molecule has 3 aromatic carbocycles. The number of carbonyl (C=O) groups excluding carboxylic acids is 1. The van der Waals surface area contributed by atoms with Crippen molar-refractivity contribution in [2.24, 2.45) is 5.41 Å². The van der Waals surface area contributed by atoms with Crippen LogP contribution in [0.25, 0.3) is 0 Å². The summed E-state index contributed by atoms with van der Waals surface area (Å²) in [6, 6.07) is 24.5. The zero-order valence-corrected chi connectivity index (χ0v) is 22.9. The van der Waals surface area contributed by atoms with Crippen LogP contribution in [0.2, 0.25) is 0 Å². The molecule has 1 amide bonds. The van der Waals surface area contributed by atoms with Crippen molar-refractivity contribution in [3.05, 3.63) is 101 Å². The van der Waals surface area contributed by atoms with Crippen LogP contribution >= 0.6 is 0 Å². The predicted octanol–water partition coefficient (Wildman–Crippen LogP) is 6.16. The second kappa shape index (κ2) is 11.6. The Balaban J connectivity index is 1.31. The molecule has 0 radical (unpaired) electrons. The van der Waals surface area contributed by atoms with E-state index in [4.69, 9.17) is 0 Å². The minimum atomic E-state index is -3.96. The lowest BCUT2D eigenvalue weighted by Crippen LogP contribution is -2.30. The average molecular weight is 519 g/mol. The summed E-state index contributed by atoms with van der Waals surface area (Å²) in [7, 11) is -1.91. The Morgan fingerprint density at radius 1 is 0.892 bits per heavy atom. The van der Waals surface area contributed by atoms with Crippen molar-refractivity contribution in [2.45, 2.75) is 63.3 Å². The Morgan fingerprint density at radius 2 is 1.51 bits per heavy atom. The number of hydrogen-bond donors (Lipinski definition) is 1. The fraction of sp³-hybridized carbons (Fsp3) is 0.387. The molecule has 37 heavy (non-hydrogen) atoms. The minimum absolute atomic E-state index is 0.0815. The Kier molecular flexibility index (Phi) is 8.50. The third-order valence-corrected chi connectivity index (χ3v) is 8.87. The van der Waals surface area contributed by atoms with Gasteiger partial charge in [-0.15, -0.1) is 0 Å². The third-order valence-electron chi connectivity index (χ3n) is 7.52. The van der Waals surface area contributed by atoms with E-state index in [2.05, 4.69) is 35.6 Å². The fourth-order valence-corrected chi connectivity index (χ4v) is 5.98. The van der Waals surface area contributed by atoms with Gasteiger partial charge in [-0.05, 0) is 91.4 Å². The molecule has 0 unspecified atom stereocenters. The molecular weight excluding hydrogens is 480 g/mol. The maximum Gasteiger partial charge on any atom is 0.264 e. The van der Waals surface area contributed by atoms with Crippen molar-refractivity contribution >= 4 is 15.9 Å². The van der Waals surface area contributed by atoms with Crippen molar-refractivity contribution in [1.82, 2.24) is 9.62 Å². The van der Waals surface area contributed by atoms with Gasteiger partial charge < -0.3 is 4.90 Å². The van der Waals surface area contributed by atoms with Gasteiger partial charge in [0, 0.05) is 18.7 Å². The van der Waals surface area contributed by atoms with Crippen molar-refractivity contribution in [3.8, 4) is 0 Å². The number of nitrogens with zero attached hydrogens (tertiary/aromatic N) is 1. The Bertz CT molecular complexity index is 1270. The molecule has 0 heterocycles. The van der Waals surface area contributed by atoms with Crippen LogP contribution in [-0.4, -0.2) is 32.8 Å². The molecule has 0 atom stereocenters. The van der Waals surface area contributed by atoms with Gasteiger partial charge in [-0.25, -0.2) is 13.1 Å². The molecule has 3 aromatic rings. The van der Waals surface area contributed by atoms with Crippen LogP contribution in [0.4, 0.5) is 0 Å². The van der Waals surface area contributed by atoms with E-state index >= 15 is 0 Å². The first kappa shape index (κ1) is 27.1. The van der Waals surface area contributed by atoms with Gasteiger partial charge in [-0.2, -0.15) is 0 Å². The Labute approximate surface area is 222 Å². The van der Waals surface area contributed by atoms with Gasteiger partial charge in [-0.1, -0.05) is 68.4 Å². The van der Waals surface area contributed by atoms with Crippen LogP contribution in [0.1, 0.15) is 72.5 Å². The van der Waals surface area contributed by atoms with Crippen LogP contribution in [-0.2, 0) is 23.0 Å². The van der Waals surface area contributed by atoms with Gasteiger partial charge in [-0.3, -0.25) is 4.79 Å². The van der Waals surface area contributed by atoms with E-state index in [9.17, 15) is 13.2 Å². The van der Waals surface area contributed by atoms with Gasteiger partial charge in [0.05, 0.1) is 4.90 Å². The molecule has 196 valence electrons. The molecule has 0 spiro atoms. The normalized spacial score (nSPS) is 16.0. The van der Waals surface area contributed by atoms with Gasteiger partial charge >= 0.3 is 0 Å². The number of sulfonamides is 1. The summed E-state index contributed by atoms with van der Waals surface area (Å²) in [4.78, 5) is 15.0. The predicted molar refractivity (Wildman–Crippen MR) is 149 cm³/mol. The smallest absolute Gasteiger partial charge is 0.264 e. The molecule has 0 saturated heterocycles. The summed E-state index contributed by atoms with van der Waals surface area (Å²) in [6.07, 6.45) is 5.63. The van der Waals surface area contributed by atoms with Crippen LogP contribution in [0.3, 0.4) is 0 Å². The van der Waals surface area contributed by atoms with Gasteiger partial charge in [0.25, 0.3) is 15.9 Å². The fourth-order valence-electron chi connectivity index (χ4n) is 5.01. The maximum atomic E-state index is 12.8. The molecule has 4 rings (SSSR count). The zero-order chi connectivity index (χ0) is 26.5. The van der Waals surface area contributed by atoms with E-state index in [0.29, 0.717) is 23.4 Å². The van der Waals surface area contributed by atoms with Crippen molar-refractivity contribution in [3.63, 3.8) is 0 Å². The quantitative estimate of drug-likeness (QED) is 0.368. The summed E-state index contributed by atoms with van der Waals surface area (Å²) in [5.74, 6) is -0.106. The summed E-state index contributed by atoms with van der Waals surface area (Å²) in [5, 5.41) is 0. The summed E-state index contributed by atoms with van der Waals surface area (Å²) >= 11 is 0. The number of benzene rings is 3. The molecule has 6 heteroatoms. The highest BCUT2D eigenvalue weighted by molar-refractivity contribution is 7.90. The van der Waals surface area contributed by atoms with Gasteiger partial charge in [0.1, 0.15) is 0 Å². The largest absolute Gasteiger partial charge is 0.302 e. The molecule has 1 fully saturated rings. The first-order valence-electron chi connectivity index (χ1n) is 13.1. The highest BCUT2D eigenvalue weighted by Crippen LogP contribution is 2.42. The molecule has 1 N–H and O–H groups in total. The van der Waals surface area contributed by atoms with Gasteiger partial charge in [0.2, 0.25) is 0 Å². The molecule has 0 aliphatic heterocycles. The van der Waals surface area contributed by atoms with E-state index in [-0.39, 0.29) is 4.90 Å². The number of rotatable bonds is 9. The summed E-state index contributed by atoms with van der Waals surface area (Å²) < 4.78 is 27.9. The molecule has 1 aliphatic carbocycles. The van der Waals surface area contributed by atoms with Crippen LogP contribution in [0.15, 0.2) is 83.8 Å². The monoisotopic (exact) mass is 518 g/mol. The summed E-state index contributed by atoms with van der Waals surface area (Å²) in [5.41, 5.74) is 4.28. The lowest BCUT2D eigenvalue weighted by molar-refractivity contribution is 0.0981. The number of hydrogen-bond acceptors (Lipinski definition) is 4. The number of carbonyl (C=O) groups is 1. The zero-order valence-electron chi connectivity index (χ0n) is 22.1. The van der Waals surface area contributed by atoms with E-state index < -0.39 is 15.9 Å². The van der Waals surface area contributed by atoms with Gasteiger partial charge in [0.15, 0.2) is 0 Å². The third kappa shape index (κ3) is 7.53. The van der Waals surface area contributed by atoms with Crippen LogP contribution < -0.4 is 4.72 Å². The van der Waals surface area contributed by atoms with Crippen molar-refractivity contribution in [2.75, 3.05) is 13.6 Å². The SMILES string of the molecule is CN(CCc1ccccc1)Cc1ccc(S(=O)(=O)NC(=O)c2ccc(C3CCC(C)(C)CC3)cc2)cc1. The Hall–Kier alpha value is -2.96. The standard InChI is InChI=1S/C31H38N2O3S/c1-31(2)20-17-27(18-21-31)26-11-13-28(14-12-26)30(34)32-37(35,36)29-15-9-25(10-16-29)23-33(3)22-19-24-7-5-4-6-8-24/h4-16,27H,17-23H2,1-3H3,(H,32,34). The molecule has 1 saturated carbocycles. The van der Waals surface area contributed by atoms with E-state index in [0.717, 1.165) is 31.4 Å². The van der Waals surface area contributed by atoms with Crippen LogP contribution in [0, 0.1) is 5.41 Å². The number of nitrogens with one attached hydrogen (secondary N) is 1. The lowest BCUT2D eigenvalue weighted by atomic mass is 9.71. The highest BCUT2D eigenvalue weighted by atomic mass is 32.2. The molecular formula is C31H38N2O3S. The van der Waals surface area contributed by atoms with Crippen molar-refractivity contribution in [1.29, 1.82) is 0 Å². The second-order valence-corrected chi connectivity index (χ2v) is 12.8. The highest BCUT2D eigenvalue weighted by Gasteiger charge is 2.27. The summed E-state index contributed by atoms with van der Waals surface area (Å²) in [6.45, 7) is 6.24. The molecule has 1 aliphatic rings. The second-order valence-electron chi connectivity index (χ2n) is 11.1. The van der Waals surface area contributed by atoms with E-state index in [1.165, 1.54) is 24.0 Å². The van der Waals surface area contributed by atoms with E-state index in [1.54, 1.807) is 36.4 Å². The van der Waals surface area contributed by atoms with E-state index in [1.807, 2.05) is 37.4 Å². The first-order chi connectivity index (χ1) is 17.6. The molecule has 5 nitrogen and oxygen atoms in total. The minimum Gasteiger partial charge on any atom is -0.302 e. The Morgan fingerprint density at radius 3 is 2.14 bits per heavy atom.